The molecule has 0 aromatic heterocycles. The Bertz CT molecular complexity index is 724. The van der Waals surface area contributed by atoms with E-state index in [-0.39, 0.29) is 17.5 Å². The predicted molar refractivity (Wildman–Crippen MR) is 111 cm³/mol. The average Bonchev–Trinajstić information content (AvgIpc) is 3.16. The van der Waals surface area contributed by atoms with Crippen LogP contribution in [0, 0.1) is 0 Å². The molecular formula is C22H30N2O2. The van der Waals surface area contributed by atoms with Gasteiger partial charge in [-0.2, -0.15) is 0 Å². The first-order valence-electron chi connectivity index (χ1n) is 9.37. The van der Waals surface area contributed by atoms with Gasteiger partial charge in [-0.1, -0.05) is 52.0 Å². The van der Waals surface area contributed by atoms with Crippen molar-refractivity contribution in [2.45, 2.75) is 46.6 Å². The van der Waals surface area contributed by atoms with Crippen LogP contribution in [0.15, 0.2) is 58.5 Å². The standard InChI is InChI=1S/C18H18N2O2.2C2H6/c21-17-7-3-1-5-13(17)11-19-12-14-9-10-16(20-14)15-6-2-4-8-18(15)22;2*1-2/h1-8,11,14,21-22H,9-10,12H2;2*1-2H3. The summed E-state index contributed by atoms with van der Waals surface area (Å²) in [7, 11) is 0. The number of hydrogen-bond donors (Lipinski definition) is 2. The van der Waals surface area contributed by atoms with Gasteiger partial charge in [0.25, 0.3) is 0 Å². The van der Waals surface area contributed by atoms with Gasteiger partial charge in [-0.25, -0.2) is 0 Å². The quantitative estimate of drug-likeness (QED) is 0.739. The molecule has 0 radical (unpaired) electrons. The number of aliphatic imine (C=N–C) groups is 2. The molecular weight excluding hydrogens is 324 g/mol. The second-order valence-electron chi connectivity index (χ2n) is 5.34. The molecule has 140 valence electrons. The van der Waals surface area contributed by atoms with Gasteiger partial charge in [0.15, 0.2) is 0 Å². The van der Waals surface area contributed by atoms with Crippen LogP contribution in [0.1, 0.15) is 51.7 Å². The van der Waals surface area contributed by atoms with Gasteiger partial charge in [-0.15, -0.1) is 0 Å². The Kier molecular flexibility index (Phi) is 9.77. The molecule has 0 saturated heterocycles. The van der Waals surface area contributed by atoms with E-state index in [0.717, 1.165) is 24.1 Å². The number of phenols is 2. The number of para-hydroxylation sites is 2. The van der Waals surface area contributed by atoms with Crippen LogP contribution in [-0.2, 0) is 0 Å². The molecule has 0 bridgehead atoms. The number of phenolic OH excluding ortho intramolecular Hbond substituents is 2. The number of hydrogen-bond acceptors (Lipinski definition) is 4. The fourth-order valence-electron chi connectivity index (χ4n) is 2.58. The van der Waals surface area contributed by atoms with Crippen molar-refractivity contribution in [1.82, 2.24) is 0 Å². The van der Waals surface area contributed by atoms with Crippen molar-refractivity contribution >= 4 is 11.9 Å². The molecule has 1 atom stereocenters. The fourth-order valence-corrected chi connectivity index (χ4v) is 2.58. The molecule has 4 heteroatoms. The minimum atomic E-state index is 0.136. The second kappa shape index (κ2) is 11.9. The van der Waals surface area contributed by atoms with Crippen LogP contribution in [0.25, 0.3) is 0 Å². The highest BCUT2D eigenvalue weighted by Gasteiger charge is 2.19. The lowest BCUT2D eigenvalue weighted by Gasteiger charge is -2.03. The van der Waals surface area contributed by atoms with Gasteiger partial charge in [0, 0.05) is 23.1 Å². The van der Waals surface area contributed by atoms with Gasteiger partial charge in [0.2, 0.25) is 0 Å². The van der Waals surface area contributed by atoms with Crippen molar-refractivity contribution < 1.29 is 10.2 Å². The van der Waals surface area contributed by atoms with E-state index in [1.165, 1.54) is 0 Å². The van der Waals surface area contributed by atoms with Gasteiger partial charge in [0.05, 0.1) is 12.6 Å². The van der Waals surface area contributed by atoms with Crippen LogP contribution < -0.4 is 0 Å². The minimum absolute atomic E-state index is 0.136. The van der Waals surface area contributed by atoms with Crippen LogP contribution >= 0.6 is 0 Å². The Morgan fingerprint density at radius 2 is 1.58 bits per heavy atom. The third-order valence-electron chi connectivity index (χ3n) is 3.75. The lowest BCUT2D eigenvalue weighted by atomic mass is 10.1. The molecule has 0 spiro atoms. The Labute approximate surface area is 157 Å². The van der Waals surface area contributed by atoms with Crippen LogP contribution in [0.3, 0.4) is 0 Å². The molecule has 2 aromatic rings. The first kappa shape index (κ1) is 21.4. The van der Waals surface area contributed by atoms with Crippen molar-refractivity contribution in [1.29, 1.82) is 0 Å². The summed E-state index contributed by atoms with van der Waals surface area (Å²) in [5.41, 5.74) is 2.47. The molecule has 2 N–H and O–H groups in total. The summed E-state index contributed by atoms with van der Waals surface area (Å²) in [6.45, 7) is 8.59. The Morgan fingerprint density at radius 3 is 2.23 bits per heavy atom. The van der Waals surface area contributed by atoms with Gasteiger partial charge in [-0.05, 0) is 37.1 Å². The molecule has 3 rings (SSSR count). The van der Waals surface area contributed by atoms with Gasteiger partial charge >= 0.3 is 0 Å². The van der Waals surface area contributed by atoms with E-state index in [4.69, 9.17) is 0 Å². The first-order chi connectivity index (χ1) is 12.7. The van der Waals surface area contributed by atoms with E-state index in [1.54, 1.807) is 24.4 Å². The van der Waals surface area contributed by atoms with Crippen LogP contribution in [-0.4, -0.2) is 34.7 Å². The number of rotatable bonds is 4. The van der Waals surface area contributed by atoms with E-state index in [0.29, 0.717) is 12.1 Å². The average molecular weight is 354 g/mol. The van der Waals surface area contributed by atoms with E-state index >= 15 is 0 Å². The summed E-state index contributed by atoms with van der Waals surface area (Å²) in [6.07, 6.45) is 3.47. The van der Waals surface area contributed by atoms with Crippen molar-refractivity contribution in [2.24, 2.45) is 9.98 Å². The highest BCUT2D eigenvalue weighted by Crippen LogP contribution is 2.24. The Balaban J connectivity index is 0.000000791. The maximum absolute atomic E-state index is 9.87. The first-order valence-corrected chi connectivity index (χ1v) is 9.37. The maximum atomic E-state index is 9.87. The van der Waals surface area contributed by atoms with E-state index < -0.39 is 0 Å². The molecule has 2 aromatic carbocycles. The van der Waals surface area contributed by atoms with Crippen molar-refractivity contribution in [3.8, 4) is 11.5 Å². The summed E-state index contributed by atoms with van der Waals surface area (Å²) in [5, 5.41) is 19.6. The van der Waals surface area contributed by atoms with E-state index in [1.807, 2.05) is 58.0 Å². The van der Waals surface area contributed by atoms with Crippen molar-refractivity contribution in [3.05, 3.63) is 59.7 Å². The molecule has 1 heterocycles. The monoisotopic (exact) mass is 354 g/mol. The van der Waals surface area contributed by atoms with E-state index in [2.05, 4.69) is 9.98 Å². The predicted octanol–water partition coefficient (Wildman–Crippen LogP) is 5.22. The zero-order valence-electron chi connectivity index (χ0n) is 16.2. The second-order valence-corrected chi connectivity index (χ2v) is 5.34. The summed E-state index contributed by atoms with van der Waals surface area (Å²) in [6, 6.07) is 14.5. The van der Waals surface area contributed by atoms with Gasteiger partial charge in [-0.3, -0.25) is 9.98 Å². The molecule has 4 nitrogen and oxygen atoms in total. The third-order valence-corrected chi connectivity index (χ3v) is 3.75. The molecule has 1 aliphatic heterocycles. The summed E-state index contributed by atoms with van der Waals surface area (Å²) in [4.78, 5) is 9.03. The molecule has 1 aliphatic rings. The van der Waals surface area contributed by atoms with Gasteiger partial charge < -0.3 is 10.2 Å². The molecule has 0 amide bonds. The fraction of sp³-hybridized carbons (Fsp3) is 0.364. The summed E-state index contributed by atoms with van der Waals surface area (Å²) < 4.78 is 0. The molecule has 26 heavy (non-hydrogen) atoms. The maximum Gasteiger partial charge on any atom is 0.124 e. The van der Waals surface area contributed by atoms with Crippen molar-refractivity contribution in [2.75, 3.05) is 6.54 Å². The van der Waals surface area contributed by atoms with Crippen molar-refractivity contribution in [3.63, 3.8) is 0 Å². The lowest BCUT2D eigenvalue weighted by molar-refractivity contribution is 0.473. The number of aromatic hydroxyl groups is 2. The van der Waals surface area contributed by atoms with Crippen LogP contribution in [0.4, 0.5) is 0 Å². The smallest absolute Gasteiger partial charge is 0.124 e. The Hall–Kier alpha value is -2.62. The largest absolute Gasteiger partial charge is 0.507 e. The number of nitrogens with zero attached hydrogens (tertiary/aromatic N) is 2. The zero-order valence-corrected chi connectivity index (χ0v) is 16.2. The zero-order chi connectivity index (χ0) is 19.4. The third kappa shape index (κ3) is 6.03. The van der Waals surface area contributed by atoms with Gasteiger partial charge in [0.1, 0.15) is 11.5 Å². The topological polar surface area (TPSA) is 65.2 Å². The normalized spacial score (nSPS) is 15.5. The lowest BCUT2D eigenvalue weighted by Crippen LogP contribution is -2.04. The summed E-state index contributed by atoms with van der Waals surface area (Å²) >= 11 is 0. The molecule has 0 saturated carbocycles. The van der Waals surface area contributed by atoms with E-state index in [9.17, 15) is 10.2 Å². The Morgan fingerprint density at radius 1 is 0.962 bits per heavy atom. The molecule has 1 unspecified atom stereocenters. The number of benzene rings is 2. The minimum Gasteiger partial charge on any atom is -0.507 e. The highest BCUT2D eigenvalue weighted by atomic mass is 16.3. The summed E-state index contributed by atoms with van der Waals surface area (Å²) in [5.74, 6) is 0.510. The van der Waals surface area contributed by atoms with Crippen LogP contribution in [0.2, 0.25) is 0 Å². The molecule has 0 fully saturated rings. The molecule has 0 aliphatic carbocycles. The van der Waals surface area contributed by atoms with Crippen LogP contribution in [0.5, 0.6) is 11.5 Å². The highest BCUT2D eigenvalue weighted by molar-refractivity contribution is 6.03. The SMILES string of the molecule is CC.CC.Oc1ccccc1C=NCC1CCC(c2ccccc2O)=N1.